The van der Waals surface area contributed by atoms with Gasteiger partial charge < -0.3 is 4.90 Å². The van der Waals surface area contributed by atoms with Crippen LogP contribution in [0.4, 0.5) is 0 Å². The van der Waals surface area contributed by atoms with Crippen molar-refractivity contribution in [1.29, 1.82) is 0 Å². The van der Waals surface area contributed by atoms with E-state index in [2.05, 4.69) is 47.3 Å². The first kappa shape index (κ1) is 17.7. The van der Waals surface area contributed by atoms with Gasteiger partial charge in [-0.3, -0.25) is 14.4 Å². The van der Waals surface area contributed by atoms with Crippen LogP contribution in [0.3, 0.4) is 0 Å². The van der Waals surface area contributed by atoms with E-state index in [9.17, 15) is 4.79 Å². The molecular formula is C20H28N4O. The van der Waals surface area contributed by atoms with Crippen molar-refractivity contribution in [3.8, 4) is 0 Å². The third kappa shape index (κ3) is 4.48. The van der Waals surface area contributed by atoms with Crippen LogP contribution in [0.1, 0.15) is 42.1 Å². The monoisotopic (exact) mass is 340 g/mol. The summed E-state index contributed by atoms with van der Waals surface area (Å²) in [6.07, 6.45) is 6.63. The topological polar surface area (TPSA) is 41.4 Å². The molecule has 134 valence electrons. The van der Waals surface area contributed by atoms with Gasteiger partial charge in [-0.2, -0.15) is 5.10 Å². The van der Waals surface area contributed by atoms with Crippen molar-refractivity contribution in [2.24, 2.45) is 0 Å². The van der Waals surface area contributed by atoms with Gasteiger partial charge in [-0.05, 0) is 24.8 Å². The van der Waals surface area contributed by atoms with Crippen molar-refractivity contribution in [2.75, 3.05) is 20.1 Å². The third-order valence-electron chi connectivity index (χ3n) is 5.01. The van der Waals surface area contributed by atoms with Crippen LogP contribution < -0.4 is 0 Å². The Morgan fingerprint density at radius 3 is 2.64 bits per heavy atom. The molecule has 25 heavy (non-hydrogen) atoms. The minimum atomic E-state index is 0.0869. The maximum Gasteiger partial charge on any atom is 0.257 e. The third-order valence-corrected chi connectivity index (χ3v) is 5.01. The highest BCUT2D eigenvalue weighted by molar-refractivity contribution is 5.93. The maximum atomic E-state index is 12.7. The van der Waals surface area contributed by atoms with E-state index in [4.69, 9.17) is 0 Å². The van der Waals surface area contributed by atoms with Gasteiger partial charge in [0.2, 0.25) is 0 Å². The van der Waals surface area contributed by atoms with Crippen LogP contribution in [0.2, 0.25) is 0 Å². The van der Waals surface area contributed by atoms with E-state index in [-0.39, 0.29) is 5.91 Å². The molecule has 3 rings (SSSR count). The van der Waals surface area contributed by atoms with Crippen LogP contribution in [0, 0.1) is 0 Å². The van der Waals surface area contributed by atoms with Gasteiger partial charge >= 0.3 is 0 Å². The molecule has 1 aromatic carbocycles. The van der Waals surface area contributed by atoms with Gasteiger partial charge in [-0.1, -0.05) is 37.3 Å². The number of nitrogens with zero attached hydrogens (tertiary/aromatic N) is 4. The molecule has 1 amide bonds. The Morgan fingerprint density at radius 1 is 1.24 bits per heavy atom. The zero-order valence-corrected chi connectivity index (χ0v) is 15.3. The zero-order chi connectivity index (χ0) is 17.6. The summed E-state index contributed by atoms with van der Waals surface area (Å²) >= 11 is 0. The number of carbonyl (C=O) groups excluding carboxylic acids is 1. The Labute approximate surface area is 150 Å². The van der Waals surface area contributed by atoms with E-state index in [1.54, 1.807) is 6.20 Å². The van der Waals surface area contributed by atoms with Crippen LogP contribution >= 0.6 is 0 Å². The van der Waals surface area contributed by atoms with E-state index in [1.165, 1.54) is 5.56 Å². The molecule has 2 heterocycles. The van der Waals surface area contributed by atoms with E-state index >= 15 is 0 Å². The summed E-state index contributed by atoms with van der Waals surface area (Å²) in [6, 6.07) is 10.9. The van der Waals surface area contributed by atoms with Crippen molar-refractivity contribution in [3.63, 3.8) is 0 Å². The number of aryl methyl sites for hydroxylation is 1. The first-order valence-electron chi connectivity index (χ1n) is 9.23. The van der Waals surface area contributed by atoms with Crippen LogP contribution in [0.25, 0.3) is 0 Å². The summed E-state index contributed by atoms with van der Waals surface area (Å²) in [6.45, 7) is 6.03. The average Bonchev–Trinajstić information content (AvgIpc) is 3.11. The second kappa shape index (κ2) is 8.30. The Bertz CT molecular complexity index is 674. The molecule has 0 bridgehead atoms. The average molecular weight is 340 g/mol. The second-order valence-corrected chi connectivity index (χ2v) is 6.90. The van der Waals surface area contributed by atoms with Crippen molar-refractivity contribution >= 4 is 5.91 Å². The lowest BCUT2D eigenvalue weighted by molar-refractivity contribution is 0.0636. The molecule has 0 aliphatic carbocycles. The number of amides is 1. The molecule has 1 aliphatic heterocycles. The smallest absolute Gasteiger partial charge is 0.257 e. The highest BCUT2D eigenvalue weighted by atomic mass is 16.2. The maximum absolute atomic E-state index is 12.7. The van der Waals surface area contributed by atoms with E-state index < -0.39 is 0 Å². The molecule has 0 atom stereocenters. The summed E-state index contributed by atoms with van der Waals surface area (Å²) in [7, 11) is 1.93. The number of likely N-dealkylation sites (tertiary alicyclic amines) is 1. The van der Waals surface area contributed by atoms with Gasteiger partial charge in [0.25, 0.3) is 5.91 Å². The largest absolute Gasteiger partial charge is 0.339 e. The van der Waals surface area contributed by atoms with Crippen LogP contribution in [-0.4, -0.2) is 51.7 Å². The first-order valence-corrected chi connectivity index (χ1v) is 9.23. The molecule has 5 heteroatoms. The molecular weight excluding hydrogens is 312 g/mol. The molecule has 0 unspecified atom stereocenters. The molecule has 5 nitrogen and oxygen atoms in total. The molecule has 0 saturated carbocycles. The molecule has 1 saturated heterocycles. The number of aromatic nitrogens is 2. The van der Waals surface area contributed by atoms with Gasteiger partial charge in [0.05, 0.1) is 11.8 Å². The van der Waals surface area contributed by atoms with E-state index in [0.29, 0.717) is 11.6 Å². The van der Waals surface area contributed by atoms with Gasteiger partial charge in [0.15, 0.2) is 0 Å². The quantitative estimate of drug-likeness (QED) is 0.812. The summed E-state index contributed by atoms with van der Waals surface area (Å²) in [5.41, 5.74) is 2.05. The molecule has 0 radical (unpaired) electrons. The minimum Gasteiger partial charge on any atom is -0.339 e. The second-order valence-electron chi connectivity index (χ2n) is 6.90. The predicted molar refractivity (Wildman–Crippen MR) is 99.4 cm³/mol. The molecule has 1 aromatic heterocycles. The van der Waals surface area contributed by atoms with Crippen molar-refractivity contribution in [1.82, 2.24) is 19.6 Å². The molecule has 1 aliphatic rings. The van der Waals surface area contributed by atoms with E-state index in [1.807, 2.05) is 22.8 Å². The molecule has 0 spiro atoms. The highest BCUT2D eigenvalue weighted by Gasteiger charge is 2.26. The number of rotatable bonds is 6. The number of hydrogen-bond donors (Lipinski definition) is 0. The zero-order valence-electron chi connectivity index (χ0n) is 15.3. The highest BCUT2D eigenvalue weighted by Crippen LogP contribution is 2.19. The summed E-state index contributed by atoms with van der Waals surface area (Å²) in [5.74, 6) is 0.0869. The number of piperidine rings is 1. The summed E-state index contributed by atoms with van der Waals surface area (Å²) < 4.78 is 1.85. The Morgan fingerprint density at radius 2 is 1.96 bits per heavy atom. The van der Waals surface area contributed by atoms with Gasteiger partial charge in [0, 0.05) is 45.5 Å². The van der Waals surface area contributed by atoms with Gasteiger partial charge in [0.1, 0.15) is 0 Å². The lowest BCUT2D eigenvalue weighted by Crippen LogP contribution is -2.45. The SMILES string of the molecule is CCCn1cc(C(=O)N(C)C2CCN(Cc3ccccc3)CC2)cn1. The standard InChI is InChI=1S/C20H28N4O/c1-3-11-24-16-18(14-21-24)20(25)22(2)19-9-12-23(13-10-19)15-17-7-5-4-6-8-17/h4-8,14,16,19H,3,9-13,15H2,1-2H3. The minimum absolute atomic E-state index is 0.0869. The number of hydrogen-bond acceptors (Lipinski definition) is 3. The predicted octanol–water partition coefficient (Wildman–Crippen LogP) is 3.03. The Hall–Kier alpha value is -2.14. The Kier molecular flexibility index (Phi) is 5.87. The first-order chi connectivity index (χ1) is 12.2. The van der Waals surface area contributed by atoms with Crippen LogP contribution in [0.5, 0.6) is 0 Å². The normalized spacial score (nSPS) is 16.1. The summed E-state index contributed by atoms with van der Waals surface area (Å²) in [5, 5.41) is 4.27. The molecule has 1 fully saturated rings. The van der Waals surface area contributed by atoms with E-state index in [0.717, 1.165) is 45.4 Å². The fourth-order valence-corrected chi connectivity index (χ4v) is 3.50. The summed E-state index contributed by atoms with van der Waals surface area (Å²) in [4.78, 5) is 17.1. The molecule has 2 aromatic rings. The van der Waals surface area contributed by atoms with Crippen molar-refractivity contribution < 1.29 is 4.79 Å². The number of carbonyl (C=O) groups is 1. The fraction of sp³-hybridized carbons (Fsp3) is 0.500. The lowest BCUT2D eigenvalue weighted by atomic mass is 10.0. The Balaban J connectivity index is 1.52. The molecule has 0 N–H and O–H groups in total. The van der Waals surface area contributed by atoms with Gasteiger partial charge in [-0.15, -0.1) is 0 Å². The van der Waals surface area contributed by atoms with Crippen molar-refractivity contribution in [2.45, 2.75) is 45.3 Å². The fourth-order valence-electron chi connectivity index (χ4n) is 3.50. The van der Waals surface area contributed by atoms with Crippen molar-refractivity contribution in [3.05, 3.63) is 53.9 Å². The number of benzene rings is 1. The van der Waals surface area contributed by atoms with Crippen LogP contribution in [0.15, 0.2) is 42.7 Å². The van der Waals surface area contributed by atoms with Gasteiger partial charge in [-0.25, -0.2) is 0 Å². The van der Waals surface area contributed by atoms with Crippen LogP contribution in [-0.2, 0) is 13.1 Å². The lowest BCUT2D eigenvalue weighted by Gasteiger charge is -2.36.